The second-order valence-corrected chi connectivity index (χ2v) is 5.46. The van der Waals surface area contributed by atoms with Crippen LogP contribution in [0, 0.1) is 16.0 Å². The normalized spacial score (nSPS) is 21.9. The Morgan fingerprint density at radius 3 is 2.74 bits per heavy atom. The Balaban J connectivity index is 1.93. The number of carbonyl (C=O) groups excluding carboxylic acids is 1. The van der Waals surface area contributed by atoms with Crippen LogP contribution in [0.5, 0.6) is 0 Å². The zero-order valence-electron chi connectivity index (χ0n) is 10.8. The molecule has 0 N–H and O–H groups in total. The predicted octanol–water partition coefficient (Wildman–Crippen LogP) is 2.67. The number of nitro groups is 1. The summed E-state index contributed by atoms with van der Waals surface area (Å²) in [5.41, 5.74) is 1.87. The lowest BCUT2D eigenvalue weighted by Gasteiger charge is -2.32. The van der Waals surface area contributed by atoms with Crippen molar-refractivity contribution >= 4 is 17.3 Å². The highest BCUT2D eigenvalue weighted by molar-refractivity contribution is 5.98. The van der Waals surface area contributed by atoms with Crippen molar-refractivity contribution in [1.82, 2.24) is 0 Å². The van der Waals surface area contributed by atoms with Crippen LogP contribution in [-0.4, -0.2) is 16.9 Å². The van der Waals surface area contributed by atoms with E-state index in [9.17, 15) is 14.9 Å². The second-order valence-electron chi connectivity index (χ2n) is 5.46. The maximum atomic E-state index is 12.4. The summed E-state index contributed by atoms with van der Waals surface area (Å²) in [5.74, 6) is 0.343. The Morgan fingerprint density at radius 2 is 2.16 bits per heavy atom. The molecule has 1 atom stereocenters. The molecule has 0 radical (unpaired) electrons. The Bertz CT molecular complexity index is 552. The summed E-state index contributed by atoms with van der Waals surface area (Å²) >= 11 is 0. The topological polar surface area (TPSA) is 63.5 Å². The number of nitrogens with zero attached hydrogens (tertiary/aromatic N) is 2. The molecule has 0 spiro atoms. The molecule has 0 bridgehead atoms. The first-order valence-corrected chi connectivity index (χ1v) is 6.68. The maximum absolute atomic E-state index is 12.4. The molecule has 3 rings (SSSR count). The molecule has 1 amide bonds. The van der Waals surface area contributed by atoms with Crippen LogP contribution in [0.1, 0.15) is 31.7 Å². The molecule has 1 fully saturated rings. The molecule has 19 heavy (non-hydrogen) atoms. The molecule has 5 nitrogen and oxygen atoms in total. The Labute approximate surface area is 111 Å². The first-order valence-electron chi connectivity index (χ1n) is 6.68. The van der Waals surface area contributed by atoms with E-state index < -0.39 is 0 Å². The van der Waals surface area contributed by atoms with Crippen LogP contribution in [0.4, 0.5) is 11.4 Å². The second kappa shape index (κ2) is 4.33. The van der Waals surface area contributed by atoms with Crippen LogP contribution in [-0.2, 0) is 11.2 Å². The largest absolute Gasteiger partial charge is 0.309 e. The van der Waals surface area contributed by atoms with Gasteiger partial charge in [-0.15, -0.1) is 0 Å². The number of carbonyl (C=O) groups is 1. The number of fused-ring (bicyclic) bond motifs is 1. The first kappa shape index (κ1) is 12.1. The summed E-state index contributed by atoms with van der Waals surface area (Å²) in [4.78, 5) is 24.6. The summed E-state index contributed by atoms with van der Waals surface area (Å²) in [6.45, 7) is 2.00. The van der Waals surface area contributed by atoms with Crippen LogP contribution >= 0.6 is 0 Å². The van der Waals surface area contributed by atoms with E-state index in [0.29, 0.717) is 6.42 Å². The standard InChI is InChI=1S/C14H16N2O3/c1-9-7-11-8-12(16(18)19)5-6-13(11)15(9)14(17)10-3-2-4-10/h5-6,8-10H,2-4,7H2,1H3. The van der Waals surface area contributed by atoms with Gasteiger partial charge < -0.3 is 4.90 Å². The van der Waals surface area contributed by atoms with Gasteiger partial charge in [0.05, 0.1) is 4.92 Å². The minimum Gasteiger partial charge on any atom is -0.309 e. The van der Waals surface area contributed by atoms with Crippen molar-refractivity contribution in [1.29, 1.82) is 0 Å². The molecular formula is C14H16N2O3. The van der Waals surface area contributed by atoms with Gasteiger partial charge in [0.2, 0.25) is 5.91 Å². The highest BCUT2D eigenvalue weighted by atomic mass is 16.6. The molecule has 100 valence electrons. The Kier molecular flexibility index (Phi) is 2.77. The minimum atomic E-state index is -0.388. The van der Waals surface area contributed by atoms with E-state index in [-0.39, 0.29) is 28.5 Å². The summed E-state index contributed by atoms with van der Waals surface area (Å²) in [6.07, 6.45) is 3.79. The lowest BCUT2D eigenvalue weighted by molar-refractivity contribution is -0.384. The molecule has 1 aliphatic carbocycles. The van der Waals surface area contributed by atoms with Gasteiger partial charge in [-0.05, 0) is 37.8 Å². The Morgan fingerprint density at radius 1 is 1.42 bits per heavy atom. The lowest BCUT2D eigenvalue weighted by Crippen LogP contribution is -2.42. The van der Waals surface area contributed by atoms with Crippen LogP contribution in [0.3, 0.4) is 0 Å². The maximum Gasteiger partial charge on any atom is 0.269 e. The third kappa shape index (κ3) is 1.89. The highest BCUT2D eigenvalue weighted by Crippen LogP contribution is 2.38. The van der Waals surface area contributed by atoms with E-state index in [1.165, 1.54) is 6.07 Å². The van der Waals surface area contributed by atoms with Crippen molar-refractivity contribution in [2.75, 3.05) is 4.90 Å². The quantitative estimate of drug-likeness (QED) is 0.606. The number of hydrogen-bond donors (Lipinski definition) is 0. The monoisotopic (exact) mass is 260 g/mol. The molecule has 1 aromatic carbocycles. The number of anilines is 1. The van der Waals surface area contributed by atoms with Gasteiger partial charge in [-0.1, -0.05) is 6.42 Å². The van der Waals surface area contributed by atoms with Gasteiger partial charge in [0.15, 0.2) is 0 Å². The fraction of sp³-hybridized carbons (Fsp3) is 0.500. The van der Waals surface area contributed by atoms with Crippen LogP contribution in [0.25, 0.3) is 0 Å². The third-order valence-corrected chi connectivity index (χ3v) is 4.18. The van der Waals surface area contributed by atoms with Crippen molar-refractivity contribution in [2.45, 2.75) is 38.6 Å². The fourth-order valence-electron chi connectivity index (χ4n) is 2.92. The van der Waals surface area contributed by atoms with E-state index >= 15 is 0 Å². The predicted molar refractivity (Wildman–Crippen MR) is 71.1 cm³/mol. The number of benzene rings is 1. The van der Waals surface area contributed by atoms with Gasteiger partial charge in [-0.3, -0.25) is 14.9 Å². The zero-order valence-corrected chi connectivity index (χ0v) is 10.8. The molecule has 0 aromatic heterocycles. The van der Waals surface area contributed by atoms with Crippen molar-refractivity contribution in [3.8, 4) is 0 Å². The molecule has 1 unspecified atom stereocenters. The number of nitro benzene ring substituents is 1. The van der Waals surface area contributed by atoms with Crippen molar-refractivity contribution in [2.24, 2.45) is 5.92 Å². The van der Waals surface area contributed by atoms with E-state index in [4.69, 9.17) is 0 Å². The number of rotatable bonds is 2. The summed E-state index contributed by atoms with van der Waals surface area (Å²) in [5, 5.41) is 10.8. The Hall–Kier alpha value is -1.91. The van der Waals surface area contributed by atoms with E-state index in [1.54, 1.807) is 12.1 Å². The van der Waals surface area contributed by atoms with Crippen molar-refractivity contribution in [3.05, 3.63) is 33.9 Å². The SMILES string of the molecule is CC1Cc2cc([N+](=O)[O-])ccc2N1C(=O)C1CCC1. The van der Waals surface area contributed by atoms with Crippen LogP contribution in [0.2, 0.25) is 0 Å². The average Bonchev–Trinajstić information content (AvgIpc) is 2.61. The smallest absolute Gasteiger partial charge is 0.269 e. The average molecular weight is 260 g/mol. The number of hydrogen-bond acceptors (Lipinski definition) is 3. The molecule has 5 heteroatoms. The lowest BCUT2D eigenvalue weighted by atomic mass is 9.84. The van der Waals surface area contributed by atoms with Crippen molar-refractivity contribution in [3.63, 3.8) is 0 Å². The fourth-order valence-corrected chi connectivity index (χ4v) is 2.92. The third-order valence-electron chi connectivity index (χ3n) is 4.18. The zero-order chi connectivity index (χ0) is 13.6. The summed E-state index contributed by atoms with van der Waals surface area (Å²) in [7, 11) is 0. The van der Waals surface area contributed by atoms with Crippen LogP contribution in [0.15, 0.2) is 18.2 Å². The molecular weight excluding hydrogens is 244 g/mol. The molecule has 1 saturated carbocycles. The van der Waals surface area contributed by atoms with Gasteiger partial charge in [0, 0.05) is 29.8 Å². The van der Waals surface area contributed by atoms with Gasteiger partial charge >= 0.3 is 0 Å². The molecule has 1 aliphatic heterocycles. The van der Waals surface area contributed by atoms with Crippen LogP contribution < -0.4 is 4.90 Å². The summed E-state index contributed by atoms with van der Waals surface area (Å²) in [6, 6.07) is 4.90. The molecule has 2 aliphatic rings. The molecule has 0 saturated heterocycles. The molecule has 1 heterocycles. The number of amides is 1. The van der Waals surface area contributed by atoms with Crippen molar-refractivity contribution < 1.29 is 9.72 Å². The van der Waals surface area contributed by atoms with E-state index in [2.05, 4.69) is 0 Å². The van der Waals surface area contributed by atoms with Gasteiger partial charge in [0.25, 0.3) is 5.69 Å². The first-order chi connectivity index (χ1) is 9.08. The number of non-ortho nitro benzene ring substituents is 1. The van der Waals surface area contributed by atoms with Gasteiger partial charge in [-0.25, -0.2) is 0 Å². The highest BCUT2D eigenvalue weighted by Gasteiger charge is 2.37. The van der Waals surface area contributed by atoms with Gasteiger partial charge in [0.1, 0.15) is 0 Å². The van der Waals surface area contributed by atoms with E-state index in [1.807, 2.05) is 11.8 Å². The van der Waals surface area contributed by atoms with Gasteiger partial charge in [-0.2, -0.15) is 0 Å². The summed E-state index contributed by atoms with van der Waals surface area (Å²) < 4.78 is 0. The molecule has 1 aromatic rings. The minimum absolute atomic E-state index is 0.101. The van der Waals surface area contributed by atoms with E-state index in [0.717, 1.165) is 30.5 Å².